The summed E-state index contributed by atoms with van der Waals surface area (Å²) in [5, 5.41) is 15.6. The highest BCUT2D eigenvalue weighted by molar-refractivity contribution is 5.81. The van der Waals surface area contributed by atoms with Gasteiger partial charge in [-0.25, -0.2) is 0 Å². The van der Waals surface area contributed by atoms with Gasteiger partial charge in [0.25, 0.3) is 0 Å². The molecule has 1 aromatic rings. The Morgan fingerprint density at radius 1 is 1.41 bits per heavy atom. The zero-order valence-corrected chi connectivity index (χ0v) is 9.78. The average molecular weight is 234 g/mol. The number of para-hydroxylation sites is 1. The van der Waals surface area contributed by atoms with E-state index in [-0.39, 0.29) is 17.7 Å². The minimum Gasteiger partial charge on any atom is -0.508 e. The molecule has 0 bridgehead atoms. The third-order valence-electron chi connectivity index (χ3n) is 3.07. The predicted molar refractivity (Wildman–Crippen MR) is 65.6 cm³/mol. The van der Waals surface area contributed by atoms with Crippen LogP contribution in [0.15, 0.2) is 24.3 Å². The van der Waals surface area contributed by atoms with Gasteiger partial charge in [0, 0.05) is 12.1 Å². The Morgan fingerprint density at radius 2 is 2.24 bits per heavy atom. The smallest absolute Gasteiger partial charge is 0.237 e. The Kier molecular flexibility index (Phi) is 3.98. The van der Waals surface area contributed by atoms with Gasteiger partial charge in [0.1, 0.15) is 5.75 Å². The first-order valence-electron chi connectivity index (χ1n) is 6.05. The van der Waals surface area contributed by atoms with Gasteiger partial charge in [0.2, 0.25) is 5.91 Å². The van der Waals surface area contributed by atoms with Crippen LogP contribution < -0.4 is 10.6 Å². The first-order valence-corrected chi connectivity index (χ1v) is 6.05. The Hall–Kier alpha value is -1.55. The summed E-state index contributed by atoms with van der Waals surface area (Å²) in [7, 11) is 0. The van der Waals surface area contributed by atoms with E-state index in [9.17, 15) is 9.90 Å². The van der Waals surface area contributed by atoms with Crippen molar-refractivity contribution in [3.63, 3.8) is 0 Å². The molecule has 1 aliphatic heterocycles. The summed E-state index contributed by atoms with van der Waals surface area (Å²) in [6.45, 7) is 1.29. The van der Waals surface area contributed by atoms with E-state index in [1.165, 1.54) is 0 Å². The molecule has 0 aliphatic carbocycles. The zero-order valence-electron chi connectivity index (χ0n) is 9.78. The molecule has 0 radical (unpaired) electrons. The van der Waals surface area contributed by atoms with Gasteiger partial charge in [-0.15, -0.1) is 0 Å². The molecular formula is C13H18N2O2. The Bertz CT molecular complexity index is 387. The van der Waals surface area contributed by atoms with Crippen molar-refractivity contribution in [2.75, 3.05) is 6.54 Å². The Balaban J connectivity index is 1.85. The lowest BCUT2D eigenvalue weighted by Gasteiger charge is -2.22. The van der Waals surface area contributed by atoms with Crippen LogP contribution in [-0.4, -0.2) is 23.6 Å². The zero-order chi connectivity index (χ0) is 12.1. The molecule has 1 aliphatic rings. The molecule has 0 saturated carbocycles. The van der Waals surface area contributed by atoms with Crippen LogP contribution in [0.3, 0.4) is 0 Å². The lowest BCUT2D eigenvalue weighted by atomic mass is 10.0. The number of hydrogen-bond donors (Lipinski definition) is 3. The number of amides is 1. The molecule has 2 rings (SSSR count). The van der Waals surface area contributed by atoms with E-state index < -0.39 is 0 Å². The number of phenols is 1. The fourth-order valence-electron chi connectivity index (χ4n) is 2.04. The highest BCUT2D eigenvalue weighted by Gasteiger charge is 2.19. The van der Waals surface area contributed by atoms with E-state index in [0.29, 0.717) is 6.54 Å². The van der Waals surface area contributed by atoms with Gasteiger partial charge in [-0.05, 0) is 25.5 Å². The highest BCUT2D eigenvalue weighted by Crippen LogP contribution is 2.15. The van der Waals surface area contributed by atoms with Gasteiger partial charge in [0.05, 0.1) is 6.04 Å². The van der Waals surface area contributed by atoms with Gasteiger partial charge in [-0.1, -0.05) is 24.6 Å². The van der Waals surface area contributed by atoms with E-state index >= 15 is 0 Å². The lowest BCUT2D eigenvalue weighted by Crippen LogP contribution is -2.46. The molecule has 92 valence electrons. The van der Waals surface area contributed by atoms with Crippen LogP contribution in [-0.2, 0) is 11.3 Å². The maximum absolute atomic E-state index is 11.8. The van der Waals surface area contributed by atoms with Crippen LogP contribution in [0.4, 0.5) is 0 Å². The molecule has 1 saturated heterocycles. The molecule has 1 fully saturated rings. The fraction of sp³-hybridized carbons (Fsp3) is 0.462. The summed E-state index contributed by atoms with van der Waals surface area (Å²) in [6.07, 6.45) is 3.14. The Labute approximate surface area is 101 Å². The maximum Gasteiger partial charge on any atom is 0.237 e. The summed E-state index contributed by atoms with van der Waals surface area (Å²) in [6, 6.07) is 6.97. The van der Waals surface area contributed by atoms with Gasteiger partial charge in [-0.2, -0.15) is 0 Å². The summed E-state index contributed by atoms with van der Waals surface area (Å²) in [5.41, 5.74) is 0.747. The molecule has 17 heavy (non-hydrogen) atoms. The summed E-state index contributed by atoms with van der Waals surface area (Å²) in [5.74, 6) is 0.248. The molecule has 4 heteroatoms. The van der Waals surface area contributed by atoms with Crippen molar-refractivity contribution < 1.29 is 9.90 Å². The van der Waals surface area contributed by atoms with Gasteiger partial charge in [-0.3, -0.25) is 4.79 Å². The molecule has 1 atom stereocenters. The third kappa shape index (κ3) is 3.20. The summed E-state index contributed by atoms with van der Waals surface area (Å²) >= 11 is 0. The van der Waals surface area contributed by atoms with E-state index in [2.05, 4.69) is 10.6 Å². The van der Waals surface area contributed by atoms with Crippen molar-refractivity contribution in [1.29, 1.82) is 0 Å². The molecule has 0 aromatic heterocycles. The SMILES string of the molecule is O=C(NCc1ccccc1O)C1CCCCN1. The second-order valence-corrected chi connectivity index (χ2v) is 4.35. The highest BCUT2D eigenvalue weighted by atomic mass is 16.3. The maximum atomic E-state index is 11.8. The van der Waals surface area contributed by atoms with Crippen molar-refractivity contribution >= 4 is 5.91 Å². The minimum absolute atomic E-state index is 0.0213. The number of piperidine rings is 1. The van der Waals surface area contributed by atoms with Crippen LogP contribution in [0.25, 0.3) is 0 Å². The topological polar surface area (TPSA) is 61.4 Å². The van der Waals surface area contributed by atoms with Gasteiger partial charge < -0.3 is 15.7 Å². The lowest BCUT2D eigenvalue weighted by molar-refractivity contribution is -0.123. The standard InChI is InChI=1S/C13H18N2O2/c16-12-7-2-1-5-10(12)9-15-13(17)11-6-3-4-8-14-11/h1-2,5,7,11,14,16H,3-4,6,8-9H2,(H,15,17). The monoisotopic (exact) mass is 234 g/mol. The van der Waals surface area contributed by atoms with Crippen LogP contribution in [0.2, 0.25) is 0 Å². The second-order valence-electron chi connectivity index (χ2n) is 4.35. The largest absolute Gasteiger partial charge is 0.508 e. The molecule has 1 aromatic carbocycles. The molecule has 4 nitrogen and oxygen atoms in total. The number of phenolic OH excluding ortho intramolecular Hbond substituents is 1. The van der Waals surface area contributed by atoms with Gasteiger partial charge >= 0.3 is 0 Å². The van der Waals surface area contributed by atoms with E-state index in [4.69, 9.17) is 0 Å². The number of aromatic hydroxyl groups is 1. The summed E-state index contributed by atoms with van der Waals surface area (Å²) in [4.78, 5) is 11.8. The predicted octanol–water partition coefficient (Wildman–Crippen LogP) is 1.15. The van der Waals surface area contributed by atoms with Crippen molar-refractivity contribution in [2.24, 2.45) is 0 Å². The van der Waals surface area contributed by atoms with Crippen molar-refractivity contribution in [3.05, 3.63) is 29.8 Å². The number of hydrogen-bond acceptors (Lipinski definition) is 3. The minimum atomic E-state index is -0.0744. The number of carbonyl (C=O) groups excluding carboxylic acids is 1. The third-order valence-corrected chi connectivity index (χ3v) is 3.07. The first-order chi connectivity index (χ1) is 8.27. The Morgan fingerprint density at radius 3 is 2.94 bits per heavy atom. The van der Waals surface area contributed by atoms with Crippen molar-refractivity contribution in [1.82, 2.24) is 10.6 Å². The van der Waals surface area contributed by atoms with E-state index in [1.54, 1.807) is 12.1 Å². The van der Waals surface area contributed by atoms with Gasteiger partial charge in [0.15, 0.2) is 0 Å². The first kappa shape index (κ1) is 11.9. The summed E-state index contributed by atoms with van der Waals surface area (Å²) < 4.78 is 0. The van der Waals surface area contributed by atoms with Crippen LogP contribution in [0.1, 0.15) is 24.8 Å². The number of nitrogens with one attached hydrogen (secondary N) is 2. The molecular weight excluding hydrogens is 216 g/mol. The quantitative estimate of drug-likeness (QED) is 0.735. The van der Waals surface area contributed by atoms with Crippen molar-refractivity contribution in [2.45, 2.75) is 31.8 Å². The van der Waals surface area contributed by atoms with E-state index in [1.807, 2.05) is 12.1 Å². The molecule has 1 amide bonds. The molecule has 1 unspecified atom stereocenters. The number of benzene rings is 1. The number of rotatable bonds is 3. The normalized spacial score (nSPS) is 19.9. The van der Waals surface area contributed by atoms with Crippen LogP contribution >= 0.6 is 0 Å². The molecule has 1 heterocycles. The van der Waals surface area contributed by atoms with E-state index in [0.717, 1.165) is 31.4 Å². The molecule has 0 spiro atoms. The van der Waals surface area contributed by atoms with Crippen LogP contribution in [0, 0.1) is 0 Å². The second kappa shape index (κ2) is 5.68. The fourth-order valence-corrected chi connectivity index (χ4v) is 2.04. The molecule has 3 N–H and O–H groups in total. The van der Waals surface area contributed by atoms with Crippen molar-refractivity contribution in [3.8, 4) is 5.75 Å². The number of carbonyl (C=O) groups is 1. The van der Waals surface area contributed by atoms with Crippen LogP contribution in [0.5, 0.6) is 5.75 Å². The average Bonchev–Trinajstić information content (AvgIpc) is 2.38.